The van der Waals surface area contributed by atoms with Gasteiger partial charge in [0, 0.05) is 24.3 Å². The van der Waals surface area contributed by atoms with Gasteiger partial charge in [-0.05, 0) is 37.0 Å². The van der Waals surface area contributed by atoms with E-state index in [1.54, 1.807) is 18.8 Å². The van der Waals surface area contributed by atoms with Crippen molar-refractivity contribution >= 4 is 17.6 Å². The van der Waals surface area contributed by atoms with E-state index in [4.69, 9.17) is 9.47 Å². The monoisotopic (exact) mass is 406 g/mol. The molecule has 0 amide bonds. The highest BCUT2D eigenvalue weighted by Crippen LogP contribution is 2.38. The van der Waals surface area contributed by atoms with Gasteiger partial charge < -0.3 is 14.8 Å². The number of anilines is 1. The number of thioether (sulfide) groups is 1. The zero-order chi connectivity index (χ0) is 20.2. The van der Waals surface area contributed by atoms with Crippen molar-refractivity contribution in [2.24, 2.45) is 5.92 Å². The van der Waals surface area contributed by atoms with Crippen LogP contribution >= 0.6 is 11.8 Å². The number of nitrogens with one attached hydrogen (secondary N) is 1. The fourth-order valence-corrected chi connectivity index (χ4v) is 4.34. The molecular formula is C22H22N4O2S. The van der Waals surface area contributed by atoms with Gasteiger partial charge in [-0.2, -0.15) is 10.5 Å². The van der Waals surface area contributed by atoms with Crippen LogP contribution in [0.5, 0.6) is 5.75 Å². The minimum absolute atomic E-state index is 0.306. The normalized spacial score (nSPS) is 16.2. The number of hydrogen-bond donors (Lipinski definition) is 1. The molecule has 1 saturated heterocycles. The maximum absolute atomic E-state index is 9.91. The van der Waals surface area contributed by atoms with E-state index < -0.39 is 0 Å². The molecule has 1 saturated carbocycles. The first-order valence-corrected chi connectivity index (χ1v) is 10.8. The zero-order valence-corrected chi connectivity index (χ0v) is 17.1. The molecule has 1 N–H and O–H groups in total. The smallest absolute Gasteiger partial charge is 0.145 e. The minimum atomic E-state index is 0.306. The van der Waals surface area contributed by atoms with Gasteiger partial charge in [0.1, 0.15) is 34.3 Å². The van der Waals surface area contributed by atoms with Crippen molar-refractivity contribution in [1.82, 2.24) is 4.98 Å². The topological polar surface area (TPSA) is 91.0 Å². The molecule has 6 nitrogen and oxygen atoms in total. The SMILES string of the molecule is CNc1nc(SCC2COC2)c(C#N)c(-c2ccc(OC3CCC3)cc2)c1C#N. The lowest BCUT2D eigenvalue weighted by molar-refractivity contribution is -0.0196. The van der Waals surface area contributed by atoms with Crippen LogP contribution < -0.4 is 10.1 Å². The van der Waals surface area contributed by atoms with Crippen LogP contribution in [0.15, 0.2) is 29.3 Å². The average Bonchev–Trinajstić information content (AvgIpc) is 2.68. The van der Waals surface area contributed by atoms with Gasteiger partial charge >= 0.3 is 0 Å². The second-order valence-electron chi connectivity index (χ2n) is 7.27. The number of aromatic nitrogens is 1. The molecule has 1 aromatic heterocycles. The van der Waals surface area contributed by atoms with Crippen LogP contribution in [0.25, 0.3) is 11.1 Å². The Morgan fingerprint density at radius 2 is 1.90 bits per heavy atom. The maximum atomic E-state index is 9.91. The third kappa shape index (κ3) is 4.03. The van der Waals surface area contributed by atoms with Crippen molar-refractivity contribution in [3.05, 3.63) is 35.4 Å². The van der Waals surface area contributed by atoms with E-state index in [1.165, 1.54) is 6.42 Å². The first kappa shape index (κ1) is 19.6. The zero-order valence-electron chi connectivity index (χ0n) is 16.3. The first-order valence-electron chi connectivity index (χ1n) is 9.77. The Labute approximate surface area is 174 Å². The number of benzene rings is 1. The van der Waals surface area contributed by atoms with Crippen LogP contribution in [0.3, 0.4) is 0 Å². The lowest BCUT2D eigenvalue weighted by atomic mass is 9.95. The quantitative estimate of drug-likeness (QED) is 0.689. The molecule has 2 fully saturated rings. The highest BCUT2D eigenvalue weighted by molar-refractivity contribution is 7.99. The number of rotatable bonds is 7. The summed E-state index contributed by atoms with van der Waals surface area (Å²) in [6, 6.07) is 12.2. The van der Waals surface area contributed by atoms with Crippen molar-refractivity contribution in [1.29, 1.82) is 10.5 Å². The fraction of sp³-hybridized carbons (Fsp3) is 0.409. The van der Waals surface area contributed by atoms with Crippen molar-refractivity contribution < 1.29 is 9.47 Å². The van der Waals surface area contributed by atoms with Crippen molar-refractivity contribution in [3.8, 4) is 29.0 Å². The molecule has 0 atom stereocenters. The molecule has 1 aliphatic carbocycles. The molecule has 2 aliphatic rings. The number of nitrogens with zero attached hydrogens (tertiary/aromatic N) is 3. The Bertz CT molecular complexity index is 970. The molecule has 1 aromatic carbocycles. The van der Waals surface area contributed by atoms with Crippen LogP contribution in [-0.4, -0.2) is 37.1 Å². The Morgan fingerprint density at radius 3 is 2.41 bits per heavy atom. The van der Waals surface area contributed by atoms with Gasteiger partial charge in [0.2, 0.25) is 0 Å². The Hall–Kier alpha value is -2.74. The van der Waals surface area contributed by atoms with E-state index in [-0.39, 0.29) is 0 Å². The van der Waals surface area contributed by atoms with E-state index in [0.717, 1.165) is 43.1 Å². The predicted octanol–water partition coefficient (Wildman–Crippen LogP) is 4.20. The van der Waals surface area contributed by atoms with E-state index >= 15 is 0 Å². The second kappa shape index (κ2) is 8.73. The second-order valence-corrected chi connectivity index (χ2v) is 8.28. The molecule has 1 aliphatic heterocycles. The fourth-order valence-electron chi connectivity index (χ4n) is 3.31. The third-order valence-corrected chi connectivity index (χ3v) is 6.49. The predicted molar refractivity (Wildman–Crippen MR) is 112 cm³/mol. The van der Waals surface area contributed by atoms with E-state index in [2.05, 4.69) is 22.4 Å². The van der Waals surface area contributed by atoms with Crippen LogP contribution in [0, 0.1) is 28.6 Å². The highest BCUT2D eigenvalue weighted by atomic mass is 32.2. The van der Waals surface area contributed by atoms with E-state index in [0.29, 0.717) is 39.6 Å². The summed E-state index contributed by atoms with van der Waals surface area (Å²) >= 11 is 1.55. The van der Waals surface area contributed by atoms with Crippen LogP contribution in [0.2, 0.25) is 0 Å². The summed E-state index contributed by atoms with van der Waals surface area (Å²) in [5.74, 6) is 2.62. The molecule has 2 heterocycles. The number of nitriles is 2. The Morgan fingerprint density at radius 1 is 1.17 bits per heavy atom. The van der Waals surface area contributed by atoms with E-state index in [1.807, 2.05) is 24.3 Å². The summed E-state index contributed by atoms with van der Waals surface area (Å²) in [6.07, 6.45) is 3.72. The maximum Gasteiger partial charge on any atom is 0.145 e. The van der Waals surface area contributed by atoms with Crippen LogP contribution in [0.1, 0.15) is 30.4 Å². The van der Waals surface area contributed by atoms with Gasteiger partial charge in [-0.3, -0.25) is 0 Å². The Balaban J connectivity index is 1.71. The molecule has 7 heteroatoms. The number of hydrogen-bond acceptors (Lipinski definition) is 7. The van der Waals surface area contributed by atoms with Crippen LogP contribution in [0.4, 0.5) is 5.82 Å². The van der Waals surface area contributed by atoms with Crippen molar-refractivity contribution in [2.75, 3.05) is 31.3 Å². The lowest BCUT2D eigenvalue weighted by Gasteiger charge is -2.26. The largest absolute Gasteiger partial charge is 0.490 e. The van der Waals surface area contributed by atoms with Crippen molar-refractivity contribution in [2.45, 2.75) is 30.4 Å². The van der Waals surface area contributed by atoms with Gasteiger partial charge in [-0.25, -0.2) is 4.98 Å². The van der Waals surface area contributed by atoms with Crippen molar-refractivity contribution in [3.63, 3.8) is 0 Å². The third-order valence-electron chi connectivity index (χ3n) is 5.29. The number of ether oxygens (including phenoxy) is 2. The van der Waals surface area contributed by atoms with Gasteiger partial charge in [0.15, 0.2) is 0 Å². The summed E-state index contributed by atoms with van der Waals surface area (Å²) < 4.78 is 11.2. The van der Waals surface area contributed by atoms with Crippen LogP contribution in [-0.2, 0) is 4.74 Å². The molecular weight excluding hydrogens is 384 g/mol. The van der Waals surface area contributed by atoms with Gasteiger partial charge in [-0.15, -0.1) is 11.8 Å². The molecule has 0 bridgehead atoms. The summed E-state index contributed by atoms with van der Waals surface area (Å²) in [4.78, 5) is 4.57. The van der Waals surface area contributed by atoms with Gasteiger partial charge in [0.05, 0.1) is 24.9 Å². The molecule has 0 radical (unpaired) electrons. The summed E-state index contributed by atoms with van der Waals surface area (Å²) in [5, 5.41) is 23.4. The summed E-state index contributed by atoms with van der Waals surface area (Å²) in [6.45, 7) is 1.50. The molecule has 0 unspecified atom stereocenters. The van der Waals surface area contributed by atoms with E-state index in [9.17, 15) is 10.5 Å². The number of pyridine rings is 1. The van der Waals surface area contributed by atoms with Gasteiger partial charge in [-0.1, -0.05) is 12.1 Å². The molecule has 0 spiro atoms. The Kier molecular flexibility index (Phi) is 5.89. The molecule has 4 rings (SSSR count). The lowest BCUT2D eigenvalue weighted by Crippen LogP contribution is -2.29. The summed E-state index contributed by atoms with van der Waals surface area (Å²) in [5.41, 5.74) is 2.26. The standard InChI is InChI=1S/C22H22N4O2S/c1-25-21-18(9-23)20(15-5-7-17(8-6-15)28-16-3-2-4-16)19(10-24)22(26-21)29-13-14-11-27-12-14/h5-8,14,16H,2-4,11-13H2,1H3,(H,25,26). The first-order chi connectivity index (χ1) is 14.2. The summed E-state index contributed by atoms with van der Waals surface area (Å²) in [7, 11) is 1.74. The van der Waals surface area contributed by atoms with Gasteiger partial charge in [0.25, 0.3) is 0 Å². The molecule has 148 valence electrons. The minimum Gasteiger partial charge on any atom is -0.490 e. The average molecular weight is 407 g/mol. The molecule has 29 heavy (non-hydrogen) atoms. The highest BCUT2D eigenvalue weighted by Gasteiger charge is 2.24. The molecule has 2 aromatic rings.